The van der Waals surface area contributed by atoms with Crippen LogP contribution in [0.2, 0.25) is 0 Å². The maximum absolute atomic E-state index is 12.5. The highest BCUT2D eigenvalue weighted by Gasteiger charge is 2.36. The highest BCUT2D eigenvalue weighted by Crippen LogP contribution is 2.23. The predicted octanol–water partition coefficient (Wildman–Crippen LogP) is 2.35. The molecular formula is C16H19N3O2S. The standard InChI is InChI=1S/C16H19N3O2S/c1-4-17-14(15(21)18(5-2)16(17)22)11-19(12(3)20)13-9-7-6-8-10-13/h6-11H,4-5H2,1-3H3/b14-11-. The second-order valence-electron chi connectivity index (χ2n) is 4.82. The lowest BCUT2D eigenvalue weighted by atomic mass is 10.3. The van der Waals surface area contributed by atoms with Crippen molar-refractivity contribution in [2.24, 2.45) is 0 Å². The third-order valence-corrected chi connectivity index (χ3v) is 3.92. The highest BCUT2D eigenvalue weighted by molar-refractivity contribution is 7.80. The van der Waals surface area contributed by atoms with Gasteiger partial charge in [-0.1, -0.05) is 18.2 Å². The molecule has 1 aliphatic rings. The monoisotopic (exact) mass is 317 g/mol. The minimum Gasteiger partial charge on any atom is -0.313 e. The van der Waals surface area contributed by atoms with Gasteiger partial charge in [0.25, 0.3) is 5.91 Å². The third-order valence-electron chi connectivity index (χ3n) is 3.47. The molecule has 0 saturated carbocycles. The van der Waals surface area contributed by atoms with E-state index < -0.39 is 0 Å². The molecular weight excluding hydrogens is 298 g/mol. The zero-order valence-electron chi connectivity index (χ0n) is 12.9. The SMILES string of the molecule is CCN1C(=O)/C(=C/N(C(C)=O)c2ccccc2)N(CC)C1=S. The van der Waals surface area contributed by atoms with E-state index in [1.54, 1.807) is 11.1 Å². The molecule has 116 valence electrons. The Morgan fingerprint density at radius 2 is 1.77 bits per heavy atom. The normalized spacial score (nSPS) is 16.6. The van der Waals surface area contributed by atoms with E-state index in [2.05, 4.69) is 0 Å². The average Bonchev–Trinajstić information content (AvgIpc) is 2.74. The lowest BCUT2D eigenvalue weighted by Gasteiger charge is -2.20. The van der Waals surface area contributed by atoms with Gasteiger partial charge in [0, 0.05) is 31.9 Å². The fraction of sp³-hybridized carbons (Fsp3) is 0.312. The van der Waals surface area contributed by atoms with Gasteiger partial charge in [0.1, 0.15) is 5.70 Å². The van der Waals surface area contributed by atoms with Crippen LogP contribution in [-0.4, -0.2) is 39.8 Å². The molecule has 2 rings (SSSR count). The maximum Gasteiger partial charge on any atom is 0.278 e. The summed E-state index contributed by atoms with van der Waals surface area (Å²) in [7, 11) is 0. The van der Waals surface area contributed by atoms with Crippen LogP contribution in [0.4, 0.5) is 5.69 Å². The number of carbonyl (C=O) groups excluding carboxylic acids is 2. The van der Waals surface area contributed by atoms with Crippen molar-refractivity contribution in [3.05, 3.63) is 42.2 Å². The summed E-state index contributed by atoms with van der Waals surface area (Å²) in [5, 5.41) is 0.484. The first-order valence-electron chi connectivity index (χ1n) is 7.21. The Kier molecular flexibility index (Phi) is 4.92. The van der Waals surface area contributed by atoms with E-state index in [0.717, 1.165) is 0 Å². The molecule has 0 N–H and O–H groups in total. The first kappa shape index (κ1) is 16.2. The number of nitrogens with zero attached hydrogens (tertiary/aromatic N) is 3. The summed E-state index contributed by atoms with van der Waals surface area (Å²) < 4.78 is 0. The molecule has 0 aromatic heterocycles. The predicted molar refractivity (Wildman–Crippen MR) is 90.1 cm³/mol. The fourth-order valence-electron chi connectivity index (χ4n) is 2.36. The molecule has 0 unspecified atom stereocenters. The molecule has 0 radical (unpaired) electrons. The molecule has 0 atom stereocenters. The van der Waals surface area contributed by atoms with Crippen LogP contribution in [0.3, 0.4) is 0 Å². The number of thiocarbonyl (C=S) groups is 1. The van der Waals surface area contributed by atoms with Gasteiger partial charge in [0.2, 0.25) is 5.91 Å². The van der Waals surface area contributed by atoms with Gasteiger partial charge in [-0.05, 0) is 38.2 Å². The highest BCUT2D eigenvalue weighted by atomic mass is 32.1. The lowest BCUT2D eigenvalue weighted by molar-refractivity contribution is -0.122. The second-order valence-corrected chi connectivity index (χ2v) is 5.18. The van der Waals surface area contributed by atoms with E-state index in [9.17, 15) is 9.59 Å². The number of anilines is 1. The van der Waals surface area contributed by atoms with Crippen LogP contribution < -0.4 is 4.90 Å². The number of amides is 2. The lowest BCUT2D eigenvalue weighted by Crippen LogP contribution is -2.32. The summed E-state index contributed by atoms with van der Waals surface area (Å²) in [6.45, 7) is 6.36. The van der Waals surface area contributed by atoms with Crippen LogP contribution in [0.25, 0.3) is 0 Å². The van der Waals surface area contributed by atoms with Crippen molar-refractivity contribution in [3.8, 4) is 0 Å². The summed E-state index contributed by atoms with van der Waals surface area (Å²) in [6, 6.07) is 9.22. The van der Waals surface area contributed by atoms with Crippen molar-refractivity contribution in [2.75, 3.05) is 18.0 Å². The summed E-state index contributed by atoms with van der Waals surface area (Å²) in [5.74, 6) is -0.333. The van der Waals surface area contributed by atoms with E-state index in [-0.39, 0.29) is 11.8 Å². The number of para-hydroxylation sites is 1. The third kappa shape index (κ3) is 2.87. The second kappa shape index (κ2) is 6.70. The quantitative estimate of drug-likeness (QED) is 0.631. The molecule has 0 spiro atoms. The van der Waals surface area contributed by atoms with Crippen LogP contribution >= 0.6 is 12.2 Å². The smallest absolute Gasteiger partial charge is 0.278 e. The summed E-state index contributed by atoms with van der Waals surface area (Å²) in [6.07, 6.45) is 1.57. The van der Waals surface area contributed by atoms with E-state index >= 15 is 0 Å². The van der Waals surface area contributed by atoms with E-state index in [4.69, 9.17) is 12.2 Å². The molecule has 1 fully saturated rings. The topological polar surface area (TPSA) is 43.9 Å². The van der Waals surface area contributed by atoms with Gasteiger partial charge in [-0.3, -0.25) is 19.4 Å². The number of benzene rings is 1. The number of rotatable bonds is 4. The molecule has 1 aromatic rings. The number of likely N-dealkylation sites (N-methyl/N-ethyl adjacent to an activating group) is 2. The van der Waals surface area contributed by atoms with Crippen molar-refractivity contribution in [3.63, 3.8) is 0 Å². The Balaban J connectivity index is 2.46. The van der Waals surface area contributed by atoms with Gasteiger partial charge < -0.3 is 4.90 Å². The van der Waals surface area contributed by atoms with Crippen LogP contribution in [0.5, 0.6) is 0 Å². The minimum atomic E-state index is -0.170. The molecule has 22 heavy (non-hydrogen) atoms. The van der Waals surface area contributed by atoms with E-state index in [1.807, 2.05) is 44.2 Å². The molecule has 0 bridgehead atoms. The van der Waals surface area contributed by atoms with E-state index in [0.29, 0.717) is 29.6 Å². The fourth-order valence-corrected chi connectivity index (χ4v) is 2.80. The van der Waals surface area contributed by atoms with Crippen LogP contribution in [0.15, 0.2) is 42.2 Å². The summed E-state index contributed by atoms with van der Waals surface area (Å²) >= 11 is 5.34. The van der Waals surface area contributed by atoms with Gasteiger partial charge in [-0.25, -0.2) is 0 Å². The Morgan fingerprint density at radius 3 is 2.27 bits per heavy atom. The molecule has 1 aromatic carbocycles. The first-order chi connectivity index (χ1) is 10.5. The Bertz CT molecular complexity index is 628. The molecule has 1 heterocycles. The largest absolute Gasteiger partial charge is 0.313 e. The number of hydrogen-bond acceptors (Lipinski definition) is 3. The maximum atomic E-state index is 12.5. The van der Waals surface area contributed by atoms with Gasteiger partial charge in [0.15, 0.2) is 5.11 Å². The van der Waals surface area contributed by atoms with Gasteiger partial charge in [-0.2, -0.15) is 0 Å². The van der Waals surface area contributed by atoms with Crippen molar-refractivity contribution in [2.45, 2.75) is 20.8 Å². The van der Waals surface area contributed by atoms with Gasteiger partial charge in [0.05, 0.1) is 0 Å². The molecule has 5 nitrogen and oxygen atoms in total. The van der Waals surface area contributed by atoms with Crippen molar-refractivity contribution in [1.29, 1.82) is 0 Å². The Morgan fingerprint density at radius 1 is 1.18 bits per heavy atom. The zero-order valence-corrected chi connectivity index (χ0v) is 13.8. The van der Waals surface area contributed by atoms with Gasteiger partial charge >= 0.3 is 0 Å². The van der Waals surface area contributed by atoms with Crippen LogP contribution in [0, 0.1) is 0 Å². The van der Waals surface area contributed by atoms with Gasteiger partial charge in [-0.15, -0.1) is 0 Å². The number of hydrogen-bond donors (Lipinski definition) is 0. The van der Waals surface area contributed by atoms with Crippen LogP contribution in [-0.2, 0) is 9.59 Å². The average molecular weight is 317 g/mol. The molecule has 6 heteroatoms. The van der Waals surface area contributed by atoms with Crippen molar-refractivity contribution < 1.29 is 9.59 Å². The van der Waals surface area contributed by atoms with Crippen molar-refractivity contribution >= 4 is 34.8 Å². The number of carbonyl (C=O) groups is 2. The Labute approximate surface area is 135 Å². The summed E-state index contributed by atoms with van der Waals surface area (Å²) in [5.41, 5.74) is 1.14. The molecule has 1 aliphatic heterocycles. The van der Waals surface area contributed by atoms with Crippen LogP contribution in [0.1, 0.15) is 20.8 Å². The zero-order chi connectivity index (χ0) is 16.3. The minimum absolute atomic E-state index is 0.164. The summed E-state index contributed by atoms with van der Waals surface area (Å²) in [4.78, 5) is 29.2. The van der Waals surface area contributed by atoms with Crippen molar-refractivity contribution in [1.82, 2.24) is 9.80 Å². The molecule has 0 aliphatic carbocycles. The molecule has 1 saturated heterocycles. The molecule has 2 amide bonds. The Hall–Kier alpha value is -2.21. The first-order valence-corrected chi connectivity index (χ1v) is 7.62. The van der Waals surface area contributed by atoms with E-state index in [1.165, 1.54) is 16.7 Å².